The lowest BCUT2D eigenvalue weighted by atomic mass is 9.77. The highest BCUT2D eigenvalue weighted by molar-refractivity contribution is 5.64. The van der Waals surface area contributed by atoms with Crippen molar-refractivity contribution in [1.29, 1.82) is 0 Å². The number of benzene rings is 2. The zero-order valence-corrected chi connectivity index (χ0v) is 13.0. The minimum absolute atomic E-state index is 0.461. The van der Waals surface area contributed by atoms with Gasteiger partial charge in [0.05, 0.1) is 0 Å². The molecule has 0 nitrogen and oxygen atoms in total. The van der Waals surface area contributed by atoms with Gasteiger partial charge in [-0.15, -0.1) is 0 Å². The molecule has 3 rings (SSSR count). The molecule has 0 aromatic heterocycles. The van der Waals surface area contributed by atoms with E-state index in [1.54, 1.807) is 0 Å². The predicted octanol–water partition coefficient (Wildman–Crippen LogP) is 6.32. The van der Waals surface area contributed by atoms with Gasteiger partial charge in [-0.2, -0.15) is 0 Å². The molecule has 22 heavy (non-hydrogen) atoms. The number of hydrogen-bond acceptors (Lipinski definition) is 0. The number of rotatable bonds is 3. The third-order valence-corrected chi connectivity index (χ3v) is 5.05. The van der Waals surface area contributed by atoms with Gasteiger partial charge >= 0.3 is 0 Å². The van der Waals surface area contributed by atoms with Crippen molar-refractivity contribution in [3.8, 4) is 11.1 Å². The highest BCUT2D eigenvalue weighted by atomic mass is 19.1. The van der Waals surface area contributed by atoms with Crippen LogP contribution in [0.15, 0.2) is 42.5 Å². The molecule has 0 saturated heterocycles. The van der Waals surface area contributed by atoms with Gasteiger partial charge in [0.2, 0.25) is 0 Å². The maximum Gasteiger partial charge on any atom is 0.133 e. The Morgan fingerprint density at radius 3 is 2.18 bits per heavy atom. The van der Waals surface area contributed by atoms with E-state index in [-0.39, 0.29) is 0 Å². The second kappa shape index (κ2) is 6.60. The summed E-state index contributed by atoms with van der Waals surface area (Å²) < 4.78 is 26.8. The Kier molecular flexibility index (Phi) is 4.56. The van der Waals surface area contributed by atoms with E-state index in [2.05, 4.69) is 19.1 Å². The van der Waals surface area contributed by atoms with Crippen molar-refractivity contribution in [2.24, 2.45) is 5.92 Å². The van der Waals surface area contributed by atoms with Crippen LogP contribution in [0.25, 0.3) is 11.1 Å². The molecular formula is C20H22F2. The van der Waals surface area contributed by atoms with Gasteiger partial charge in [-0.25, -0.2) is 8.78 Å². The smallest absolute Gasteiger partial charge is 0.133 e. The van der Waals surface area contributed by atoms with Gasteiger partial charge in [-0.05, 0) is 60.8 Å². The van der Waals surface area contributed by atoms with Gasteiger partial charge < -0.3 is 0 Å². The topological polar surface area (TPSA) is 0 Å². The van der Waals surface area contributed by atoms with E-state index in [1.165, 1.54) is 49.8 Å². The molecule has 0 atom stereocenters. The molecule has 2 aromatic carbocycles. The van der Waals surface area contributed by atoms with E-state index in [1.807, 2.05) is 12.1 Å². The van der Waals surface area contributed by atoms with Crippen LogP contribution >= 0.6 is 0 Å². The molecule has 2 heteroatoms. The quantitative estimate of drug-likeness (QED) is 0.622. The monoisotopic (exact) mass is 300 g/mol. The molecule has 1 aliphatic rings. The lowest BCUT2D eigenvalue weighted by Gasteiger charge is -2.28. The lowest BCUT2D eigenvalue weighted by Crippen LogP contribution is -2.12. The van der Waals surface area contributed by atoms with E-state index >= 15 is 0 Å². The van der Waals surface area contributed by atoms with E-state index in [0.29, 0.717) is 11.5 Å². The molecule has 0 aliphatic heterocycles. The van der Waals surface area contributed by atoms with Crippen molar-refractivity contribution in [3.63, 3.8) is 0 Å². The molecule has 0 unspecified atom stereocenters. The van der Waals surface area contributed by atoms with Crippen LogP contribution in [-0.2, 0) is 0 Å². The van der Waals surface area contributed by atoms with E-state index in [0.717, 1.165) is 17.5 Å². The van der Waals surface area contributed by atoms with Gasteiger partial charge in [0.25, 0.3) is 0 Å². The van der Waals surface area contributed by atoms with Crippen LogP contribution in [0.3, 0.4) is 0 Å². The Bertz CT molecular complexity index is 623. The van der Waals surface area contributed by atoms with Crippen molar-refractivity contribution in [3.05, 3.63) is 59.7 Å². The van der Waals surface area contributed by atoms with Crippen LogP contribution in [0.4, 0.5) is 8.78 Å². The predicted molar refractivity (Wildman–Crippen MR) is 86.8 cm³/mol. The second-order valence-electron chi connectivity index (χ2n) is 6.37. The summed E-state index contributed by atoms with van der Waals surface area (Å²) in [5.41, 5.74) is 2.62. The summed E-state index contributed by atoms with van der Waals surface area (Å²) in [6.45, 7) is 2.27. The molecule has 116 valence electrons. The molecule has 1 saturated carbocycles. The van der Waals surface area contributed by atoms with E-state index in [9.17, 15) is 8.78 Å². The Morgan fingerprint density at radius 1 is 0.909 bits per heavy atom. The van der Waals surface area contributed by atoms with Crippen molar-refractivity contribution in [1.82, 2.24) is 0 Å². The minimum atomic E-state index is -0.537. The molecular weight excluding hydrogens is 278 g/mol. The first kappa shape index (κ1) is 15.2. The maximum atomic E-state index is 13.8. The van der Waals surface area contributed by atoms with Gasteiger partial charge in [0, 0.05) is 11.6 Å². The zero-order chi connectivity index (χ0) is 15.5. The largest absolute Gasteiger partial charge is 0.207 e. The summed E-state index contributed by atoms with van der Waals surface area (Å²) in [6.07, 6.45) is 6.42. The Balaban J connectivity index is 1.75. The van der Waals surface area contributed by atoms with E-state index in [4.69, 9.17) is 0 Å². The summed E-state index contributed by atoms with van der Waals surface area (Å²) >= 11 is 0. The van der Waals surface area contributed by atoms with Gasteiger partial charge in [0.15, 0.2) is 0 Å². The Labute approximate surface area is 131 Å². The summed E-state index contributed by atoms with van der Waals surface area (Å²) in [4.78, 5) is 0. The van der Waals surface area contributed by atoms with Crippen LogP contribution in [0.5, 0.6) is 0 Å². The lowest BCUT2D eigenvalue weighted by molar-refractivity contribution is 0.319. The number of hydrogen-bond donors (Lipinski definition) is 0. The minimum Gasteiger partial charge on any atom is -0.207 e. The molecule has 0 N–H and O–H groups in total. The molecule has 1 fully saturated rings. The maximum absolute atomic E-state index is 13.8. The van der Waals surface area contributed by atoms with Crippen molar-refractivity contribution < 1.29 is 8.78 Å². The summed E-state index contributed by atoms with van der Waals surface area (Å²) in [6, 6.07) is 11.9. The summed E-state index contributed by atoms with van der Waals surface area (Å²) in [7, 11) is 0. The Morgan fingerprint density at radius 2 is 1.59 bits per heavy atom. The van der Waals surface area contributed by atoms with Crippen LogP contribution in [-0.4, -0.2) is 0 Å². The average molecular weight is 300 g/mol. The zero-order valence-electron chi connectivity index (χ0n) is 13.0. The Hall–Kier alpha value is -1.70. The summed E-state index contributed by atoms with van der Waals surface area (Å²) in [5, 5.41) is 0. The van der Waals surface area contributed by atoms with Crippen molar-refractivity contribution >= 4 is 0 Å². The molecule has 2 aromatic rings. The fourth-order valence-electron chi connectivity index (χ4n) is 3.56. The number of halogens is 2. The first-order valence-electron chi connectivity index (χ1n) is 8.22. The molecule has 0 radical (unpaired) electrons. The molecule has 0 amide bonds. The normalized spacial score (nSPS) is 21.8. The van der Waals surface area contributed by atoms with Gasteiger partial charge in [-0.1, -0.05) is 37.6 Å². The van der Waals surface area contributed by atoms with Crippen molar-refractivity contribution in [2.45, 2.75) is 44.9 Å². The van der Waals surface area contributed by atoms with Gasteiger partial charge in [0.1, 0.15) is 11.6 Å². The standard InChI is InChI=1S/C20H22F2/c1-2-14-3-5-15(6-4-14)16-7-9-17(10-8-16)19-12-11-18(21)13-20(19)22/h7-15H,2-6H2,1H3. The van der Waals surface area contributed by atoms with Crippen molar-refractivity contribution in [2.75, 3.05) is 0 Å². The van der Waals surface area contributed by atoms with Gasteiger partial charge in [-0.3, -0.25) is 0 Å². The average Bonchev–Trinajstić information content (AvgIpc) is 2.55. The SMILES string of the molecule is CCC1CCC(c2ccc(-c3ccc(F)cc3F)cc2)CC1. The van der Waals surface area contributed by atoms with Crippen LogP contribution < -0.4 is 0 Å². The highest BCUT2D eigenvalue weighted by Crippen LogP contribution is 2.37. The fourth-order valence-corrected chi connectivity index (χ4v) is 3.56. The molecule has 0 heterocycles. The third kappa shape index (κ3) is 3.21. The highest BCUT2D eigenvalue weighted by Gasteiger charge is 2.21. The third-order valence-electron chi connectivity index (χ3n) is 5.05. The van der Waals surface area contributed by atoms with Crippen LogP contribution in [0.1, 0.15) is 50.5 Å². The summed E-state index contributed by atoms with van der Waals surface area (Å²) in [5.74, 6) is 0.487. The first-order chi connectivity index (χ1) is 10.7. The fraction of sp³-hybridized carbons (Fsp3) is 0.400. The second-order valence-corrected chi connectivity index (χ2v) is 6.37. The van der Waals surface area contributed by atoms with E-state index < -0.39 is 11.6 Å². The molecule has 0 bridgehead atoms. The van der Waals surface area contributed by atoms with Crippen LogP contribution in [0, 0.1) is 17.6 Å². The molecule has 0 spiro atoms. The molecule has 1 aliphatic carbocycles. The first-order valence-corrected chi connectivity index (χ1v) is 8.22. The van der Waals surface area contributed by atoms with Crippen LogP contribution in [0.2, 0.25) is 0 Å².